The first-order valence-corrected chi connectivity index (χ1v) is 5.60. The smallest absolute Gasteiger partial charge is 0.251 e. The van der Waals surface area contributed by atoms with Gasteiger partial charge in [0, 0.05) is 12.1 Å². The van der Waals surface area contributed by atoms with E-state index in [4.69, 9.17) is 4.74 Å². The van der Waals surface area contributed by atoms with Crippen LogP contribution in [0.4, 0.5) is 0 Å². The summed E-state index contributed by atoms with van der Waals surface area (Å²) in [4.78, 5) is 11.6. The molecule has 0 saturated heterocycles. The Morgan fingerprint density at radius 2 is 2.27 bits per heavy atom. The van der Waals surface area contributed by atoms with Crippen molar-refractivity contribution in [2.75, 3.05) is 13.7 Å². The van der Waals surface area contributed by atoms with Crippen molar-refractivity contribution < 1.29 is 9.53 Å². The van der Waals surface area contributed by atoms with Gasteiger partial charge in [0.2, 0.25) is 0 Å². The van der Waals surface area contributed by atoms with Crippen molar-refractivity contribution >= 4 is 21.8 Å². The number of carbonyl (C=O) groups excluding carboxylic acids is 1. The first-order chi connectivity index (χ1) is 7.19. The molecule has 0 spiro atoms. The fraction of sp³-hybridized carbons (Fsp3) is 0.364. The Bertz CT molecular complexity index is 352. The van der Waals surface area contributed by atoms with Crippen molar-refractivity contribution in [3.8, 4) is 5.75 Å². The van der Waals surface area contributed by atoms with Crippen LogP contribution in [0.2, 0.25) is 0 Å². The average Bonchev–Trinajstić information content (AvgIpc) is 2.25. The van der Waals surface area contributed by atoms with E-state index in [-0.39, 0.29) is 5.91 Å². The van der Waals surface area contributed by atoms with Gasteiger partial charge in [-0.1, -0.05) is 6.92 Å². The van der Waals surface area contributed by atoms with Crippen LogP contribution in [-0.4, -0.2) is 19.6 Å². The van der Waals surface area contributed by atoms with Gasteiger partial charge in [0.1, 0.15) is 5.75 Å². The Labute approximate surface area is 97.9 Å². The molecule has 0 aliphatic heterocycles. The zero-order chi connectivity index (χ0) is 11.3. The molecule has 82 valence electrons. The van der Waals surface area contributed by atoms with Gasteiger partial charge in [0.15, 0.2) is 0 Å². The van der Waals surface area contributed by atoms with E-state index in [0.717, 1.165) is 16.6 Å². The first-order valence-electron chi connectivity index (χ1n) is 4.80. The van der Waals surface area contributed by atoms with E-state index in [1.807, 2.05) is 6.92 Å². The molecule has 0 aromatic heterocycles. The molecule has 0 radical (unpaired) electrons. The molecular weight excluding hydrogens is 258 g/mol. The van der Waals surface area contributed by atoms with Crippen molar-refractivity contribution in [2.45, 2.75) is 13.3 Å². The van der Waals surface area contributed by atoms with Crippen molar-refractivity contribution in [1.29, 1.82) is 0 Å². The van der Waals surface area contributed by atoms with Gasteiger partial charge in [0.05, 0.1) is 11.6 Å². The first kappa shape index (κ1) is 12.0. The molecule has 3 nitrogen and oxygen atoms in total. The molecule has 15 heavy (non-hydrogen) atoms. The van der Waals surface area contributed by atoms with Gasteiger partial charge in [0.25, 0.3) is 5.91 Å². The van der Waals surface area contributed by atoms with Gasteiger partial charge in [-0.15, -0.1) is 0 Å². The molecule has 0 heterocycles. The van der Waals surface area contributed by atoms with Gasteiger partial charge >= 0.3 is 0 Å². The van der Waals surface area contributed by atoms with Crippen LogP contribution >= 0.6 is 15.9 Å². The molecule has 0 unspecified atom stereocenters. The van der Waals surface area contributed by atoms with E-state index >= 15 is 0 Å². The average molecular weight is 272 g/mol. The second kappa shape index (κ2) is 5.75. The maximum Gasteiger partial charge on any atom is 0.251 e. The summed E-state index contributed by atoms with van der Waals surface area (Å²) < 4.78 is 5.87. The number of methoxy groups -OCH3 is 1. The number of hydrogen-bond donors (Lipinski definition) is 1. The quantitative estimate of drug-likeness (QED) is 0.914. The van der Waals surface area contributed by atoms with E-state index in [1.165, 1.54) is 0 Å². The zero-order valence-corrected chi connectivity index (χ0v) is 10.4. The fourth-order valence-corrected chi connectivity index (χ4v) is 1.69. The van der Waals surface area contributed by atoms with Crippen LogP contribution in [0.3, 0.4) is 0 Å². The van der Waals surface area contributed by atoms with Crippen LogP contribution in [0.25, 0.3) is 0 Å². The molecule has 0 saturated carbocycles. The molecule has 1 aromatic carbocycles. The summed E-state index contributed by atoms with van der Waals surface area (Å²) in [5, 5.41) is 2.81. The van der Waals surface area contributed by atoms with Gasteiger partial charge in [-0.05, 0) is 40.5 Å². The number of ether oxygens (including phenoxy) is 1. The molecule has 1 rings (SSSR count). The van der Waals surface area contributed by atoms with Crippen LogP contribution in [0.1, 0.15) is 23.7 Å². The van der Waals surface area contributed by atoms with Crippen molar-refractivity contribution in [3.63, 3.8) is 0 Å². The fourth-order valence-electron chi connectivity index (χ4n) is 1.15. The Kier molecular flexibility index (Phi) is 4.62. The molecule has 0 aliphatic carbocycles. The van der Waals surface area contributed by atoms with Crippen molar-refractivity contribution in [1.82, 2.24) is 5.32 Å². The Morgan fingerprint density at radius 1 is 1.53 bits per heavy atom. The highest BCUT2D eigenvalue weighted by molar-refractivity contribution is 9.10. The summed E-state index contributed by atoms with van der Waals surface area (Å²) in [6.45, 7) is 2.71. The van der Waals surface area contributed by atoms with Crippen molar-refractivity contribution in [2.24, 2.45) is 0 Å². The maximum absolute atomic E-state index is 11.6. The lowest BCUT2D eigenvalue weighted by Gasteiger charge is -2.06. The van der Waals surface area contributed by atoms with E-state index in [2.05, 4.69) is 21.2 Å². The molecule has 4 heteroatoms. The van der Waals surface area contributed by atoms with Crippen LogP contribution in [0.5, 0.6) is 5.75 Å². The molecule has 0 bridgehead atoms. The van der Waals surface area contributed by atoms with E-state index in [1.54, 1.807) is 25.3 Å². The number of nitrogens with one attached hydrogen (secondary N) is 1. The summed E-state index contributed by atoms with van der Waals surface area (Å²) in [5.74, 6) is 0.669. The summed E-state index contributed by atoms with van der Waals surface area (Å²) >= 11 is 3.34. The minimum absolute atomic E-state index is 0.0554. The number of hydrogen-bond acceptors (Lipinski definition) is 2. The number of rotatable bonds is 4. The van der Waals surface area contributed by atoms with E-state index in [0.29, 0.717) is 12.1 Å². The summed E-state index contributed by atoms with van der Waals surface area (Å²) in [7, 11) is 1.59. The minimum Gasteiger partial charge on any atom is -0.496 e. The van der Waals surface area contributed by atoms with Crippen molar-refractivity contribution in [3.05, 3.63) is 28.2 Å². The third kappa shape index (κ3) is 3.23. The third-order valence-electron chi connectivity index (χ3n) is 1.95. The number of carbonyl (C=O) groups is 1. The normalized spacial score (nSPS) is 9.80. The minimum atomic E-state index is -0.0554. The van der Waals surface area contributed by atoms with Crippen LogP contribution < -0.4 is 10.1 Å². The Morgan fingerprint density at radius 3 is 2.80 bits per heavy atom. The molecule has 0 atom stereocenters. The molecule has 0 fully saturated rings. The van der Waals surface area contributed by atoms with Crippen LogP contribution in [0, 0.1) is 0 Å². The van der Waals surface area contributed by atoms with E-state index in [9.17, 15) is 4.79 Å². The number of halogens is 1. The lowest BCUT2D eigenvalue weighted by molar-refractivity contribution is 0.0953. The largest absolute Gasteiger partial charge is 0.496 e. The maximum atomic E-state index is 11.6. The summed E-state index contributed by atoms with van der Waals surface area (Å²) in [6, 6.07) is 5.27. The molecule has 1 amide bonds. The van der Waals surface area contributed by atoms with Crippen LogP contribution in [0.15, 0.2) is 22.7 Å². The summed E-state index contributed by atoms with van der Waals surface area (Å²) in [6.07, 6.45) is 0.934. The van der Waals surface area contributed by atoms with Gasteiger partial charge in [-0.3, -0.25) is 4.79 Å². The molecule has 1 N–H and O–H groups in total. The number of amides is 1. The summed E-state index contributed by atoms with van der Waals surface area (Å²) in [5.41, 5.74) is 0.635. The van der Waals surface area contributed by atoms with Crippen LogP contribution in [-0.2, 0) is 0 Å². The highest BCUT2D eigenvalue weighted by atomic mass is 79.9. The SMILES string of the molecule is CCCNC(=O)c1ccc(OC)c(Br)c1. The Hall–Kier alpha value is -1.03. The Balaban J connectivity index is 2.78. The van der Waals surface area contributed by atoms with Gasteiger partial charge in [-0.2, -0.15) is 0 Å². The molecule has 0 aliphatic rings. The predicted molar refractivity (Wildman–Crippen MR) is 63.3 cm³/mol. The lowest BCUT2D eigenvalue weighted by atomic mass is 10.2. The zero-order valence-electron chi connectivity index (χ0n) is 8.84. The third-order valence-corrected chi connectivity index (χ3v) is 2.57. The lowest BCUT2D eigenvalue weighted by Crippen LogP contribution is -2.23. The monoisotopic (exact) mass is 271 g/mol. The highest BCUT2D eigenvalue weighted by Crippen LogP contribution is 2.25. The molecule has 1 aromatic rings. The molecular formula is C11H14BrNO2. The highest BCUT2D eigenvalue weighted by Gasteiger charge is 2.07. The van der Waals surface area contributed by atoms with Gasteiger partial charge in [-0.25, -0.2) is 0 Å². The van der Waals surface area contributed by atoms with E-state index < -0.39 is 0 Å². The second-order valence-corrected chi connectivity index (χ2v) is 3.96. The topological polar surface area (TPSA) is 38.3 Å². The standard InChI is InChI=1S/C11H14BrNO2/c1-3-6-13-11(14)8-4-5-10(15-2)9(12)7-8/h4-5,7H,3,6H2,1-2H3,(H,13,14). The second-order valence-electron chi connectivity index (χ2n) is 3.11. The van der Waals surface area contributed by atoms with Gasteiger partial charge < -0.3 is 10.1 Å². The number of benzene rings is 1. The predicted octanol–water partition coefficient (Wildman–Crippen LogP) is 2.60.